The first kappa shape index (κ1) is 12.6. The number of rotatable bonds is 2. The smallest absolute Gasteiger partial charge is 0.274 e. The van der Waals surface area contributed by atoms with Gasteiger partial charge in [0.2, 0.25) is 0 Å². The van der Waals surface area contributed by atoms with Crippen LogP contribution in [-0.2, 0) is 0 Å². The molecule has 1 aromatic heterocycles. The number of amides is 1. The third kappa shape index (κ3) is 2.89. The van der Waals surface area contributed by atoms with Gasteiger partial charge in [0.25, 0.3) is 5.91 Å². The van der Waals surface area contributed by atoms with Crippen molar-refractivity contribution in [3.05, 3.63) is 58.3 Å². The van der Waals surface area contributed by atoms with E-state index >= 15 is 0 Å². The van der Waals surface area contributed by atoms with Crippen LogP contribution in [-0.4, -0.2) is 10.9 Å². The number of halogens is 3. The molecule has 0 radical (unpaired) electrons. The average molecular weight is 313 g/mol. The highest BCUT2D eigenvalue weighted by Gasteiger charge is 2.10. The molecule has 0 aliphatic carbocycles. The molecule has 0 bridgehead atoms. The second-order valence-electron chi connectivity index (χ2n) is 3.44. The molecule has 2 aromatic rings. The first-order valence-electron chi connectivity index (χ1n) is 4.94. The van der Waals surface area contributed by atoms with Crippen molar-refractivity contribution in [2.45, 2.75) is 0 Å². The number of nitrogens with zero attached hydrogens (tertiary/aromatic N) is 1. The highest BCUT2D eigenvalue weighted by molar-refractivity contribution is 9.10. The monoisotopic (exact) mass is 312 g/mol. The van der Waals surface area contributed by atoms with E-state index in [1.165, 1.54) is 18.2 Å². The van der Waals surface area contributed by atoms with Gasteiger partial charge in [-0.05, 0) is 30.3 Å². The van der Waals surface area contributed by atoms with Crippen LogP contribution in [0.3, 0.4) is 0 Å². The van der Waals surface area contributed by atoms with Crippen molar-refractivity contribution in [3.8, 4) is 0 Å². The van der Waals surface area contributed by atoms with E-state index in [-0.39, 0.29) is 11.4 Å². The Labute approximate surface area is 110 Å². The van der Waals surface area contributed by atoms with Gasteiger partial charge in [-0.25, -0.2) is 13.8 Å². The Kier molecular flexibility index (Phi) is 3.66. The lowest BCUT2D eigenvalue weighted by molar-refractivity contribution is 0.102. The molecule has 2 rings (SSSR count). The van der Waals surface area contributed by atoms with E-state index < -0.39 is 17.5 Å². The van der Waals surface area contributed by atoms with Crippen molar-refractivity contribution in [2.75, 3.05) is 5.32 Å². The molecule has 0 aliphatic heterocycles. The summed E-state index contributed by atoms with van der Waals surface area (Å²) in [5.41, 5.74) is 0.0491. The molecular weight excluding hydrogens is 306 g/mol. The minimum Gasteiger partial charge on any atom is -0.318 e. The van der Waals surface area contributed by atoms with Gasteiger partial charge in [-0.2, -0.15) is 0 Å². The topological polar surface area (TPSA) is 42.0 Å². The summed E-state index contributed by atoms with van der Waals surface area (Å²) in [5.74, 6) is -1.71. The Balaban J connectivity index is 2.18. The maximum absolute atomic E-state index is 13.5. The van der Waals surface area contributed by atoms with Crippen molar-refractivity contribution < 1.29 is 13.6 Å². The van der Waals surface area contributed by atoms with E-state index in [0.717, 1.165) is 12.3 Å². The molecule has 1 aromatic carbocycles. The number of carbonyl (C=O) groups excluding carboxylic acids is 1. The van der Waals surface area contributed by atoms with Crippen LogP contribution in [0, 0.1) is 11.6 Å². The summed E-state index contributed by atoms with van der Waals surface area (Å²) in [6.45, 7) is 0. The molecule has 0 fully saturated rings. The SMILES string of the molecule is O=C(Nc1ccc(Br)cc1F)c1ccc(F)cn1. The Bertz CT molecular complexity index is 587. The summed E-state index contributed by atoms with van der Waals surface area (Å²) in [4.78, 5) is 15.3. The van der Waals surface area contributed by atoms with Crippen LogP contribution in [0.25, 0.3) is 0 Å². The Morgan fingerprint density at radius 1 is 1.22 bits per heavy atom. The van der Waals surface area contributed by atoms with Crippen LogP contribution in [0.4, 0.5) is 14.5 Å². The predicted molar refractivity (Wildman–Crippen MR) is 66.2 cm³/mol. The van der Waals surface area contributed by atoms with Crippen molar-refractivity contribution in [3.63, 3.8) is 0 Å². The van der Waals surface area contributed by atoms with Gasteiger partial charge >= 0.3 is 0 Å². The molecular formula is C12H7BrF2N2O. The van der Waals surface area contributed by atoms with Gasteiger partial charge in [-0.1, -0.05) is 15.9 Å². The molecule has 1 amide bonds. The van der Waals surface area contributed by atoms with Gasteiger partial charge < -0.3 is 5.32 Å². The van der Waals surface area contributed by atoms with Gasteiger partial charge in [0.1, 0.15) is 17.3 Å². The lowest BCUT2D eigenvalue weighted by Crippen LogP contribution is -2.14. The van der Waals surface area contributed by atoms with Gasteiger partial charge in [-0.15, -0.1) is 0 Å². The van der Waals surface area contributed by atoms with Crippen LogP contribution in [0.1, 0.15) is 10.5 Å². The zero-order chi connectivity index (χ0) is 13.1. The Hall–Kier alpha value is -1.82. The van der Waals surface area contributed by atoms with E-state index in [2.05, 4.69) is 26.2 Å². The first-order valence-corrected chi connectivity index (χ1v) is 5.73. The van der Waals surface area contributed by atoms with Crippen molar-refractivity contribution >= 4 is 27.5 Å². The maximum atomic E-state index is 13.5. The van der Waals surface area contributed by atoms with Gasteiger partial charge in [0, 0.05) is 4.47 Å². The number of aromatic nitrogens is 1. The number of benzene rings is 1. The van der Waals surface area contributed by atoms with E-state index in [1.807, 2.05) is 0 Å². The van der Waals surface area contributed by atoms with E-state index in [4.69, 9.17) is 0 Å². The standard InChI is InChI=1S/C12H7BrF2N2O/c13-7-1-3-10(9(15)5-7)17-12(18)11-4-2-8(14)6-16-11/h1-6H,(H,17,18). The molecule has 0 unspecified atom stereocenters. The number of carbonyl (C=O) groups is 1. The van der Waals surface area contributed by atoms with Crippen LogP contribution < -0.4 is 5.32 Å². The molecule has 1 heterocycles. The quantitative estimate of drug-likeness (QED) is 0.923. The molecule has 92 valence electrons. The molecule has 18 heavy (non-hydrogen) atoms. The summed E-state index contributed by atoms with van der Waals surface area (Å²) in [6, 6.07) is 6.58. The molecule has 0 saturated heterocycles. The lowest BCUT2D eigenvalue weighted by atomic mass is 10.3. The minimum atomic E-state index is -0.601. The molecule has 0 spiro atoms. The second kappa shape index (κ2) is 5.22. The average Bonchev–Trinajstić information content (AvgIpc) is 2.33. The van der Waals surface area contributed by atoms with E-state index in [0.29, 0.717) is 4.47 Å². The van der Waals surface area contributed by atoms with Crippen LogP contribution >= 0.6 is 15.9 Å². The van der Waals surface area contributed by atoms with Crippen LogP contribution in [0.2, 0.25) is 0 Å². The van der Waals surface area contributed by atoms with Crippen LogP contribution in [0.5, 0.6) is 0 Å². The highest BCUT2D eigenvalue weighted by Crippen LogP contribution is 2.19. The second-order valence-corrected chi connectivity index (χ2v) is 4.36. The summed E-state index contributed by atoms with van der Waals surface area (Å²) >= 11 is 3.11. The summed E-state index contributed by atoms with van der Waals surface area (Å²) < 4.78 is 26.7. The molecule has 6 heteroatoms. The molecule has 0 saturated carbocycles. The molecule has 1 N–H and O–H groups in total. The van der Waals surface area contributed by atoms with Crippen LogP contribution in [0.15, 0.2) is 41.0 Å². The van der Waals surface area contributed by atoms with E-state index in [1.54, 1.807) is 6.07 Å². The minimum absolute atomic E-state index is 0.0127. The fourth-order valence-corrected chi connectivity index (χ4v) is 1.62. The molecule has 0 aliphatic rings. The predicted octanol–water partition coefficient (Wildman–Crippen LogP) is 3.37. The normalized spacial score (nSPS) is 10.2. The summed E-state index contributed by atoms with van der Waals surface area (Å²) in [7, 11) is 0. The van der Waals surface area contributed by atoms with Crippen molar-refractivity contribution in [1.29, 1.82) is 0 Å². The third-order valence-corrected chi connectivity index (χ3v) is 2.63. The van der Waals surface area contributed by atoms with Gasteiger partial charge in [-0.3, -0.25) is 4.79 Å². The Morgan fingerprint density at radius 3 is 2.61 bits per heavy atom. The highest BCUT2D eigenvalue weighted by atomic mass is 79.9. The van der Waals surface area contributed by atoms with Gasteiger partial charge in [0.15, 0.2) is 0 Å². The Morgan fingerprint density at radius 2 is 2.00 bits per heavy atom. The fraction of sp³-hybridized carbons (Fsp3) is 0. The van der Waals surface area contributed by atoms with Crippen molar-refractivity contribution in [1.82, 2.24) is 4.98 Å². The number of hydrogen-bond donors (Lipinski definition) is 1. The summed E-state index contributed by atoms with van der Waals surface area (Å²) in [6.07, 6.45) is 0.923. The largest absolute Gasteiger partial charge is 0.318 e. The van der Waals surface area contributed by atoms with Crippen molar-refractivity contribution in [2.24, 2.45) is 0 Å². The number of hydrogen-bond acceptors (Lipinski definition) is 2. The lowest BCUT2D eigenvalue weighted by Gasteiger charge is -2.06. The number of nitrogens with one attached hydrogen (secondary N) is 1. The summed E-state index contributed by atoms with van der Waals surface area (Å²) in [5, 5.41) is 2.35. The first-order chi connectivity index (χ1) is 8.56. The van der Waals surface area contributed by atoms with E-state index in [9.17, 15) is 13.6 Å². The number of anilines is 1. The maximum Gasteiger partial charge on any atom is 0.274 e. The molecule has 3 nitrogen and oxygen atoms in total. The number of pyridine rings is 1. The zero-order valence-corrected chi connectivity index (χ0v) is 10.5. The third-order valence-electron chi connectivity index (χ3n) is 2.14. The fourth-order valence-electron chi connectivity index (χ4n) is 1.29. The molecule has 0 atom stereocenters. The zero-order valence-electron chi connectivity index (χ0n) is 8.95. The van der Waals surface area contributed by atoms with Gasteiger partial charge in [0.05, 0.1) is 11.9 Å².